The average molecular weight is 317 g/mol. The molecule has 2 aromatic carbocycles. The molecule has 116 valence electrons. The molecule has 0 heterocycles. The van der Waals surface area contributed by atoms with Gasteiger partial charge in [-0.3, -0.25) is 4.79 Å². The highest BCUT2D eigenvalue weighted by molar-refractivity contribution is 7.89. The topological polar surface area (TPSA) is 63.2 Å². The molecule has 1 N–H and O–H groups in total. The molecule has 2 aromatic rings. The Balaban J connectivity index is 2.17. The van der Waals surface area contributed by atoms with E-state index >= 15 is 0 Å². The molecule has 0 saturated carbocycles. The third kappa shape index (κ3) is 4.18. The van der Waals surface area contributed by atoms with Gasteiger partial charge in [0.1, 0.15) is 0 Å². The van der Waals surface area contributed by atoms with Crippen LogP contribution in [0.1, 0.15) is 27.0 Å². The molecular formula is C17H19NO3S. The predicted octanol–water partition coefficient (Wildman–Crippen LogP) is 3.10. The van der Waals surface area contributed by atoms with Crippen molar-refractivity contribution in [3.63, 3.8) is 0 Å². The Bertz CT molecular complexity index is 773. The molecule has 0 radical (unpaired) electrons. The van der Waals surface area contributed by atoms with Gasteiger partial charge < -0.3 is 5.32 Å². The standard InChI is InChI=1S/C17H19NO3S/c1-12-5-4-6-13(2)16(12)18-17(19)15-9-7-14(8-10-15)11-22(3,20)21/h4-10H,11H2,1-3H3,(H,18,19). The van der Waals surface area contributed by atoms with Crippen LogP contribution in [0.15, 0.2) is 42.5 Å². The number of sulfone groups is 1. The molecule has 0 atom stereocenters. The highest BCUT2D eigenvalue weighted by Crippen LogP contribution is 2.20. The fourth-order valence-corrected chi connectivity index (χ4v) is 3.05. The van der Waals surface area contributed by atoms with Gasteiger partial charge in [0.05, 0.1) is 5.75 Å². The first-order valence-electron chi connectivity index (χ1n) is 6.90. The third-order valence-corrected chi connectivity index (χ3v) is 4.22. The molecule has 22 heavy (non-hydrogen) atoms. The summed E-state index contributed by atoms with van der Waals surface area (Å²) in [5.41, 5.74) is 3.99. The summed E-state index contributed by atoms with van der Waals surface area (Å²) >= 11 is 0. The van der Waals surface area contributed by atoms with Crippen LogP contribution in [0.3, 0.4) is 0 Å². The largest absolute Gasteiger partial charge is 0.322 e. The van der Waals surface area contributed by atoms with Gasteiger partial charge in [0.25, 0.3) is 5.91 Å². The molecule has 0 unspecified atom stereocenters. The Labute approximate surface area is 131 Å². The Morgan fingerprint density at radius 2 is 1.55 bits per heavy atom. The van der Waals surface area contributed by atoms with Crippen molar-refractivity contribution in [2.75, 3.05) is 11.6 Å². The lowest BCUT2D eigenvalue weighted by Crippen LogP contribution is -2.14. The summed E-state index contributed by atoms with van der Waals surface area (Å²) in [5.74, 6) is -0.227. The van der Waals surface area contributed by atoms with E-state index in [1.165, 1.54) is 6.26 Å². The lowest BCUT2D eigenvalue weighted by atomic mass is 10.1. The summed E-state index contributed by atoms with van der Waals surface area (Å²) in [5, 5.41) is 2.91. The van der Waals surface area contributed by atoms with Crippen LogP contribution in [0.25, 0.3) is 0 Å². The van der Waals surface area contributed by atoms with E-state index in [-0.39, 0.29) is 11.7 Å². The first-order valence-corrected chi connectivity index (χ1v) is 8.96. The maximum Gasteiger partial charge on any atom is 0.255 e. The summed E-state index contributed by atoms with van der Waals surface area (Å²) < 4.78 is 22.5. The van der Waals surface area contributed by atoms with E-state index < -0.39 is 9.84 Å². The van der Waals surface area contributed by atoms with Crippen molar-refractivity contribution in [3.05, 3.63) is 64.7 Å². The smallest absolute Gasteiger partial charge is 0.255 e. The van der Waals surface area contributed by atoms with Crippen LogP contribution in [0.2, 0.25) is 0 Å². The molecule has 0 saturated heterocycles. The number of nitrogens with one attached hydrogen (secondary N) is 1. The van der Waals surface area contributed by atoms with Gasteiger partial charge in [0, 0.05) is 17.5 Å². The molecule has 0 aromatic heterocycles. The van der Waals surface area contributed by atoms with Gasteiger partial charge in [0.2, 0.25) is 0 Å². The molecular weight excluding hydrogens is 298 g/mol. The van der Waals surface area contributed by atoms with E-state index in [0.717, 1.165) is 16.8 Å². The monoisotopic (exact) mass is 317 g/mol. The third-order valence-electron chi connectivity index (χ3n) is 3.36. The van der Waals surface area contributed by atoms with E-state index in [1.807, 2.05) is 32.0 Å². The van der Waals surface area contributed by atoms with Gasteiger partial charge in [0.15, 0.2) is 9.84 Å². The zero-order valence-electron chi connectivity index (χ0n) is 12.9. The zero-order valence-corrected chi connectivity index (χ0v) is 13.7. The lowest BCUT2D eigenvalue weighted by molar-refractivity contribution is 0.102. The van der Waals surface area contributed by atoms with E-state index in [1.54, 1.807) is 24.3 Å². The second-order valence-electron chi connectivity index (χ2n) is 5.49. The van der Waals surface area contributed by atoms with Gasteiger partial charge in [-0.25, -0.2) is 8.42 Å². The maximum absolute atomic E-state index is 12.3. The molecule has 1 amide bonds. The highest BCUT2D eigenvalue weighted by Gasteiger charge is 2.10. The molecule has 4 nitrogen and oxygen atoms in total. The lowest BCUT2D eigenvalue weighted by Gasteiger charge is -2.11. The van der Waals surface area contributed by atoms with Gasteiger partial charge in [-0.15, -0.1) is 0 Å². The van der Waals surface area contributed by atoms with Crippen molar-refractivity contribution in [1.29, 1.82) is 0 Å². The van der Waals surface area contributed by atoms with Crippen molar-refractivity contribution in [3.8, 4) is 0 Å². The molecule has 0 bridgehead atoms. The number of carbonyl (C=O) groups is 1. The second-order valence-corrected chi connectivity index (χ2v) is 7.63. The summed E-state index contributed by atoms with van der Waals surface area (Å²) in [6, 6.07) is 12.4. The van der Waals surface area contributed by atoms with Gasteiger partial charge >= 0.3 is 0 Å². The van der Waals surface area contributed by atoms with Crippen molar-refractivity contribution in [1.82, 2.24) is 0 Å². The Morgan fingerprint density at radius 1 is 1.00 bits per heavy atom. The number of hydrogen-bond donors (Lipinski definition) is 1. The quantitative estimate of drug-likeness (QED) is 0.942. The minimum Gasteiger partial charge on any atom is -0.322 e. The fraction of sp³-hybridized carbons (Fsp3) is 0.235. The van der Waals surface area contributed by atoms with Crippen LogP contribution in [-0.4, -0.2) is 20.6 Å². The molecule has 0 aliphatic carbocycles. The van der Waals surface area contributed by atoms with Gasteiger partial charge in [-0.05, 0) is 42.7 Å². The van der Waals surface area contributed by atoms with E-state index in [2.05, 4.69) is 5.32 Å². The van der Waals surface area contributed by atoms with Crippen molar-refractivity contribution < 1.29 is 13.2 Å². The molecule has 5 heteroatoms. The van der Waals surface area contributed by atoms with E-state index in [0.29, 0.717) is 11.1 Å². The van der Waals surface area contributed by atoms with Gasteiger partial charge in [-0.1, -0.05) is 30.3 Å². The summed E-state index contributed by atoms with van der Waals surface area (Å²) in [6.07, 6.45) is 1.19. The van der Waals surface area contributed by atoms with Crippen LogP contribution >= 0.6 is 0 Å². The van der Waals surface area contributed by atoms with E-state index in [9.17, 15) is 13.2 Å². The number of hydrogen-bond acceptors (Lipinski definition) is 3. The number of rotatable bonds is 4. The Kier molecular flexibility index (Phi) is 4.66. The fourth-order valence-electron chi connectivity index (χ4n) is 2.25. The van der Waals surface area contributed by atoms with Crippen LogP contribution < -0.4 is 5.32 Å². The zero-order chi connectivity index (χ0) is 16.3. The van der Waals surface area contributed by atoms with Gasteiger partial charge in [-0.2, -0.15) is 0 Å². The summed E-state index contributed by atoms with van der Waals surface area (Å²) in [6.45, 7) is 3.88. The van der Waals surface area contributed by atoms with Crippen LogP contribution in [0.4, 0.5) is 5.69 Å². The number of anilines is 1. The van der Waals surface area contributed by atoms with Crippen molar-refractivity contribution in [2.45, 2.75) is 19.6 Å². The molecule has 0 spiro atoms. The minimum absolute atomic E-state index is 0.0220. The summed E-state index contributed by atoms with van der Waals surface area (Å²) in [4.78, 5) is 12.3. The van der Waals surface area contributed by atoms with E-state index in [4.69, 9.17) is 0 Å². The number of amides is 1. The van der Waals surface area contributed by atoms with Crippen molar-refractivity contribution >= 4 is 21.4 Å². The first-order chi connectivity index (χ1) is 10.3. The number of para-hydroxylation sites is 1. The maximum atomic E-state index is 12.3. The normalized spacial score (nSPS) is 11.2. The molecule has 0 aliphatic heterocycles. The minimum atomic E-state index is -3.07. The number of carbonyl (C=O) groups excluding carboxylic acids is 1. The number of benzene rings is 2. The van der Waals surface area contributed by atoms with Crippen LogP contribution in [0, 0.1) is 13.8 Å². The Morgan fingerprint density at radius 3 is 2.05 bits per heavy atom. The van der Waals surface area contributed by atoms with Crippen molar-refractivity contribution in [2.24, 2.45) is 0 Å². The molecule has 0 aliphatic rings. The SMILES string of the molecule is Cc1cccc(C)c1NC(=O)c1ccc(CS(C)(=O)=O)cc1. The predicted molar refractivity (Wildman–Crippen MR) is 88.9 cm³/mol. The summed E-state index contributed by atoms with van der Waals surface area (Å²) in [7, 11) is -3.07. The molecule has 2 rings (SSSR count). The second kappa shape index (κ2) is 6.32. The molecule has 0 fully saturated rings. The number of aryl methyl sites for hydroxylation is 2. The van der Waals surface area contributed by atoms with Crippen LogP contribution in [-0.2, 0) is 15.6 Å². The van der Waals surface area contributed by atoms with Crippen LogP contribution in [0.5, 0.6) is 0 Å². The Hall–Kier alpha value is -2.14. The average Bonchev–Trinajstić information content (AvgIpc) is 2.42. The highest BCUT2D eigenvalue weighted by atomic mass is 32.2. The first kappa shape index (κ1) is 16.2.